The Kier molecular flexibility index (Phi) is 4.16. The lowest BCUT2D eigenvalue weighted by Gasteiger charge is -1.95. The molecule has 0 spiro atoms. The Morgan fingerprint density at radius 3 is 1.50 bits per heavy atom. The van der Waals surface area contributed by atoms with E-state index in [0.29, 0.717) is 11.4 Å². The van der Waals surface area contributed by atoms with Gasteiger partial charge in [0.2, 0.25) is 0 Å². The van der Waals surface area contributed by atoms with Crippen LogP contribution < -0.4 is 0 Å². The Bertz CT molecular complexity index is 806. The lowest BCUT2D eigenvalue weighted by molar-refractivity contribution is 1.17. The molecule has 0 aliphatic rings. The van der Waals surface area contributed by atoms with Crippen molar-refractivity contribution in [1.82, 2.24) is 19.9 Å². The Morgan fingerprint density at radius 1 is 0.591 bits per heavy atom. The smallest absolute Gasteiger partial charge is 0.131 e. The minimum atomic E-state index is 0.624. The van der Waals surface area contributed by atoms with Crippen LogP contribution in [-0.4, -0.2) is 19.9 Å². The molecule has 0 bridgehead atoms. The SMILES string of the molecule is C(#Cc1ccccc1C#Cc1cnccn1)c1cnccn1. The zero-order chi connectivity index (χ0) is 15.0. The molecule has 0 saturated heterocycles. The molecule has 0 aliphatic heterocycles. The maximum absolute atomic E-state index is 4.13. The van der Waals surface area contributed by atoms with E-state index in [1.54, 1.807) is 37.2 Å². The molecule has 2 aromatic heterocycles. The van der Waals surface area contributed by atoms with Crippen LogP contribution in [0, 0.1) is 23.7 Å². The van der Waals surface area contributed by atoms with Crippen LogP contribution in [0.1, 0.15) is 22.5 Å². The van der Waals surface area contributed by atoms with E-state index >= 15 is 0 Å². The normalized spacial score (nSPS) is 9.09. The molecule has 4 nitrogen and oxygen atoms in total. The van der Waals surface area contributed by atoms with Crippen LogP contribution in [0.25, 0.3) is 0 Å². The summed E-state index contributed by atoms with van der Waals surface area (Å²) in [5.74, 6) is 12.1. The lowest BCUT2D eigenvalue weighted by Crippen LogP contribution is -1.86. The molecular formula is C18H10N4. The summed E-state index contributed by atoms with van der Waals surface area (Å²) in [7, 11) is 0. The molecule has 0 unspecified atom stereocenters. The second kappa shape index (κ2) is 6.78. The number of rotatable bonds is 0. The zero-order valence-electron chi connectivity index (χ0n) is 11.6. The minimum absolute atomic E-state index is 0.624. The zero-order valence-corrected chi connectivity index (χ0v) is 11.6. The van der Waals surface area contributed by atoms with Crippen LogP contribution in [0.3, 0.4) is 0 Å². The van der Waals surface area contributed by atoms with E-state index < -0.39 is 0 Å². The molecule has 2 heterocycles. The third kappa shape index (κ3) is 3.53. The molecule has 0 fully saturated rings. The van der Waals surface area contributed by atoms with E-state index in [2.05, 4.69) is 43.6 Å². The summed E-state index contributed by atoms with van der Waals surface area (Å²) in [5, 5.41) is 0. The highest BCUT2D eigenvalue weighted by Gasteiger charge is 1.95. The van der Waals surface area contributed by atoms with E-state index in [1.165, 1.54) is 0 Å². The predicted molar refractivity (Wildman–Crippen MR) is 82.5 cm³/mol. The van der Waals surface area contributed by atoms with Gasteiger partial charge in [-0.25, -0.2) is 9.97 Å². The molecule has 0 radical (unpaired) electrons. The molecule has 0 saturated carbocycles. The molecule has 0 aliphatic carbocycles. The first-order valence-corrected chi connectivity index (χ1v) is 6.57. The van der Waals surface area contributed by atoms with E-state index in [-0.39, 0.29) is 0 Å². The predicted octanol–water partition coefficient (Wildman–Crippen LogP) is 2.07. The van der Waals surface area contributed by atoms with Crippen LogP contribution in [-0.2, 0) is 0 Å². The molecule has 3 rings (SSSR count). The molecule has 1 aromatic carbocycles. The molecule has 0 N–H and O–H groups in total. The van der Waals surface area contributed by atoms with Gasteiger partial charge in [0.25, 0.3) is 0 Å². The van der Waals surface area contributed by atoms with E-state index in [0.717, 1.165) is 11.1 Å². The van der Waals surface area contributed by atoms with Gasteiger partial charge in [-0.15, -0.1) is 0 Å². The highest BCUT2D eigenvalue weighted by molar-refractivity contribution is 5.52. The highest BCUT2D eigenvalue weighted by atomic mass is 14.8. The maximum atomic E-state index is 4.13. The van der Waals surface area contributed by atoms with Crippen LogP contribution >= 0.6 is 0 Å². The first-order chi connectivity index (χ1) is 10.9. The molecule has 0 amide bonds. The Labute approximate surface area is 128 Å². The van der Waals surface area contributed by atoms with Gasteiger partial charge < -0.3 is 0 Å². The van der Waals surface area contributed by atoms with Gasteiger partial charge in [0, 0.05) is 35.9 Å². The summed E-state index contributed by atoms with van der Waals surface area (Å²) in [4.78, 5) is 16.2. The summed E-state index contributed by atoms with van der Waals surface area (Å²) in [6.45, 7) is 0. The van der Waals surface area contributed by atoms with Gasteiger partial charge in [-0.05, 0) is 24.0 Å². The van der Waals surface area contributed by atoms with E-state index in [1.807, 2.05) is 24.3 Å². The Balaban J connectivity index is 1.92. The number of hydrogen-bond donors (Lipinski definition) is 0. The van der Waals surface area contributed by atoms with Gasteiger partial charge in [0.1, 0.15) is 11.4 Å². The first kappa shape index (κ1) is 13.5. The van der Waals surface area contributed by atoms with Gasteiger partial charge in [-0.2, -0.15) is 0 Å². The third-order valence-electron chi connectivity index (χ3n) is 2.70. The van der Waals surface area contributed by atoms with Gasteiger partial charge in [0.15, 0.2) is 0 Å². The topological polar surface area (TPSA) is 51.6 Å². The number of aromatic nitrogens is 4. The second-order valence-corrected chi connectivity index (χ2v) is 4.23. The quantitative estimate of drug-likeness (QED) is 0.592. The summed E-state index contributed by atoms with van der Waals surface area (Å²) in [6.07, 6.45) is 9.71. The maximum Gasteiger partial charge on any atom is 0.131 e. The van der Waals surface area contributed by atoms with Crippen molar-refractivity contribution < 1.29 is 0 Å². The van der Waals surface area contributed by atoms with Crippen LogP contribution in [0.5, 0.6) is 0 Å². The number of hydrogen-bond acceptors (Lipinski definition) is 4. The summed E-state index contributed by atoms with van der Waals surface area (Å²) in [6, 6.07) is 7.69. The van der Waals surface area contributed by atoms with Gasteiger partial charge in [-0.3, -0.25) is 9.97 Å². The summed E-state index contributed by atoms with van der Waals surface area (Å²) < 4.78 is 0. The monoisotopic (exact) mass is 282 g/mol. The standard InChI is InChI=1S/C18H10N4/c1-2-4-16(6-8-18-14-20-10-12-22-18)15(3-1)5-7-17-13-19-9-11-21-17/h1-4,9-14H. The molecule has 3 aromatic rings. The van der Waals surface area contributed by atoms with E-state index in [4.69, 9.17) is 0 Å². The van der Waals surface area contributed by atoms with Crippen LogP contribution in [0.4, 0.5) is 0 Å². The fraction of sp³-hybridized carbons (Fsp3) is 0. The molecule has 0 atom stereocenters. The molecule has 102 valence electrons. The fourth-order valence-electron chi connectivity index (χ4n) is 1.69. The Morgan fingerprint density at radius 2 is 1.09 bits per heavy atom. The van der Waals surface area contributed by atoms with Gasteiger partial charge >= 0.3 is 0 Å². The second-order valence-electron chi connectivity index (χ2n) is 4.23. The van der Waals surface area contributed by atoms with Crippen molar-refractivity contribution in [3.63, 3.8) is 0 Å². The lowest BCUT2D eigenvalue weighted by atomic mass is 10.1. The van der Waals surface area contributed by atoms with Crippen molar-refractivity contribution in [2.45, 2.75) is 0 Å². The van der Waals surface area contributed by atoms with Gasteiger partial charge in [0.05, 0.1) is 12.4 Å². The molecule has 22 heavy (non-hydrogen) atoms. The summed E-state index contributed by atoms with van der Waals surface area (Å²) in [5.41, 5.74) is 2.92. The van der Waals surface area contributed by atoms with Crippen molar-refractivity contribution in [3.05, 3.63) is 84.0 Å². The van der Waals surface area contributed by atoms with Gasteiger partial charge in [-0.1, -0.05) is 24.0 Å². The average Bonchev–Trinajstić information content (AvgIpc) is 2.61. The molecule has 4 heteroatoms. The van der Waals surface area contributed by atoms with Crippen molar-refractivity contribution in [3.8, 4) is 23.7 Å². The first-order valence-electron chi connectivity index (χ1n) is 6.57. The average molecular weight is 282 g/mol. The number of benzene rings is 1. The Hall–Kier alpha value is -3.50. The number of nitrogens with zero attached hydrogens (tertiary/aromatic N) is 4. The van der Waals surface area contributed by atoms with Crippen molar-refractivity contribution in [1.29, 1.82) is 0 Å². The molecular weight excluding hydrogens is 272 g/mol. The van der Waals surface area contributed by atoms with Crippen molar-refractivity contribution in [2.24, 2.45) is 0 Å². The fourth-order valence-corrected chi connectivity index (χ4v) is 1.69. The largest absolute Gasteiger partial charge is 0.260 e. The van der Waals surface area contributed by atoms with Crippen LogP contribution in [0.15, 0.2) is 61.4 Å². The van der Waals surface area contributed by atoms with Crippen molar-refractivity contribution in [2.75, 3.05) is 0 Å². The minimum Gasteiger partial charge on any atom is -0.260 e. The van der Waals surface area contributed by atoms with E-state index in [9.17, 15) is 0 Å². The summed E-state index contributed by atoms with van der Waals surface area (Å²) >= 11 is 0. The third-order valence-corrected chi connectivity index (χ3v) is 2.70. The van der Waals surface area contributed by atoms with Crippen LogP contribution in [0.2, 0.25) is 0 Å². The van der Waals surface area contributed by atoms with Crippen molar-refractivity contribution >= 4 is 0 Å². The highest BCUT2D eigenvalue weighted by Crippen LogP contribution is 2.06.